The van der Waals surface area contributed by atoms with Crippen molar-refractivity contribution in [2.24, 2.45) is 0 Å². The van der Waals surface area contributed by atoms with E-state index < -0.39 is 0 Å². The van der Waals surface area contributed by atoms with Crippen LogP contribution in [0.25, 0.3) is 0 Å². The van der Waals surface area contributed by atoms with E-state index in [1.54, 1.807) is 0 Å². The molecule has 1 rings (SSSR count). The fourth-order valence-electron chi connectivity index (χ4n) is 1.34. The summed E-state index contributed by atoms with van der Waals surface area (Å²) in [4.78, 5) is 0. The van der Waals surface area contributed by atoms with Crippen LogP contribution in [0.3, 0.4) is 0 Å². The summed E-state index contributed by atoms with van der Waals surface area (Å²) in [5.41, 5.74) is 0. The van der Waals surface area contributed by atoms with E-state index in [0.717, 1.165) is 35.9 Å². The molecule has 0 spiro atoms. The highest BCUT2D eigenvalue weighted by molar-refractivity contribution is 9.10. The molecule has 0 aliphatic rings. The first kappa shape index (κ1) is 13.8. The molecule has 0 saturated carbocycles. The minimum absolute atomic E-state index is 0.276. The van der Waals surface area contributed by atoms with E-state index >= 15 is 0 Å². The van der Waals surface area contributed by atoms with Crippen molar-refractivity contribution < 1.29 is 9.84 Å². The lowest BCUT2D eigenvalue weighted by molar-refractivity contribution is 0.273. The van der Waals surface area contributed by atoms with Gasteiger partial charge in [0.05, 0.1) is 11.6 Å². The fraction of sp³-hybridized carbons (Fsp3) is 0.500. The Hall–Kier alpha value is -0.250. The Morgan fingerprint density at radius 1 is 1.19 bits per heavy atom. The molecule has 0 aliphatic heterocycles. The second-order valence-corrected chi connectivity index (χ2v) is 4.88. The van der Waals surface area contributed by atoms with Crippen molar-refractivity contribution in [1.82, 2.24) is 0 Å². The molecule has 0 aromatic heterocycles. The Kier molecular flexibility index (Phi) is 6.85. The van der Waals surface area contributed by atoms with E-state index in [4.69, 9.17) is 21.4 Å². The monoisotopic (exact) mass is 306 g/mol. The number of aliphatic hydroxyl groups is 1. The predicted octanol–water partition coefficient (Wildman–Crippen LogP) is 4.03. The Morgan fingerprint density at radius 3 is 2.69 bits per heavy atom. The summed E-state index contributed by atoms with van der Waals surface area (Å²) < 4.78 is 6.54. The highest BCUT2D eigenvalue weighted by Crippen LogP contribution is 2.28. The summed E-state index contributed by atoms with van der Waals surface area (Å²) in [6.07, 6.45) is 3.98. The third kappa shape index (κ3) is 5.19. The van der Waals surface area contributed by atoms with Crippen LogP contribution in [0.4, 0.5) is 0 Å². The third-order valence-corrected chi connectivity index (χ3v) is 3.01. The minimum atomic E-state index is 0.276. The van der Waals surface area contributed by atoms with Crippen LogP contribution in [0.5, 0.6) is 5.75 Å². The first-order valence-electron chi connectivity index (χ1n) is 5.43. The zero-order valence-corrected chi connectivity index (χ0v) is 11.4. The number of hydrogen-bond donors (Lipinski definition) is 1. The van der Waals surface area contributed by atoms with Gasteiger partial charge in [-0.1, -0.05) is 34.0 Å². The number of unbranched alkanes of at least 4 members (excludes halogenated alkanes) is 3. The van der Waals surface area contributed by atoms with Crippen molar-refractivity contribution in [1.29, 1.82) is 0 Å². The maximum Gasteiger partial charge on any atom is 0.139 e. The third-order valence-electron chi connectivity index (χ3n) is 2.20. The lowest BCUT2D eigenvalue weighted by Crippen LogP contribution is -1.98. The van der Waals surface area contributed by atoms with Gasteiger partial charge in [0.15, 0.2) is 0 Å². The van der Waals surface area contributed by atoms with Crippen molar-refractivity contribution in [3.05, 3.63) is 27.7 Å². The van der Waals surface area contributed by atoms with Gasteiger partial charge < -0.3 is 9.84 Å². The number of rotatable bonds is 7. The van der Waals surface area contributed by atoms with Gasteiger partial charge >= 0.3 is 0 Å². The SMILES string of the molecule is OCCCCCCOc1cc(Br)ccc1Cl. The predicted molar refractivity (Wildman–Crippen MR) is 70.2 cm³/mol. The smallest absolute Gasteiger partial charge is 0.139 e. The Balaban J connectivity index is 2.23. The first-order chi connectivity index (χ1) is 7.74. The molecule has 4 heteroatoms. The van der Waals surface area contributed by atoms with Crippen LogP contribution in [0.2, 0.25) is 5.02 Å². The molecule has 0 atom stereocenters. The summed E-state index contributed by atoms with van der Waals surface area (Å²) in [7, 11) is 0. The van der Waals surface area contributed by atoms with E-state index in [1.807, 2.05) is 18.2 Å². The number of hydrogen-bond acceptors (Lipinski definition) is 2. The van der Waals surface area contributed by atoms with Crippen molar-refractivity contribution in [3.63, 3.8) is 0 Å². The number of halogens is 2. The molecular formula is C12H16BrClO2. The molecule has 0 bridgehead atoms. The molecule has 0 heterocycles. The molecule has 1 aromatic rings. The highest BCUT2D eigenvalue weighted by Gasteiger charge is 2.01. The van der Waals surface area contributed by atoms with Crippen molar-refractivity contribution >= 4 is 27.5 Å². The average Bonchev–Trinajstić information content (AvgIpc) is 2.28. The number of ether oxygens (including phenoxy) is 1. The Morgan fingerprint density at radius 2 is 1.94 bits per heavy atom. The largest absolute Gasteiger partial charge is 0.492 e. The van der Waals surface area contributed by atoms with Crippen LogP contribution in [-0.2, 0) is 0 Å². The zero-order valence-electron chi connectivity index (χ0n) is 9.09. The standard InChI is InChI=1S/C12H16BrClO2/c13-10-5-6-11(14)12(9-10)16-8-4-2-1-3-7-15/h5-6,9,15H,1-4,7-8H2. The van der Waals surface area contributed by atoms with Crippen LogP contribution in [0.1, 0.15) is 25.7 Å². The van der Waals surface area contributed by atoms with Crippen LogP contribution < -0.4 is 4.74 Å². The number of aliphatic hydroxyl groups excluding tert-OH is 1. The van der Waals surface area contributed by atoms with Gasteiger partial charge in [-0.2, -0.15) is 0 Å². The summed E-state index contributed by atoms with van der Waals surface area (Å²) in [5, 5.41) is 9.25. The van der Waals surface area contributed by atoms with Gasteiger partial charge in [0.25, 0.3) is 0 Å². The zero-order chi connectivity index (χ0) is 11.8. The molecule has 90 valence electrons. The quantitative estimate of drug-likeness (QED) is 0.771. The summed E-state index contributed by atoms with van der Waals surface area (Å²) in [6, 6.07) is 5.57. The maximum absolute atomic E-state index is 8.61. The lowest BCUT2D eigenvalue weighted by atomic mass is 10.2. The van der Waals surface area contributed by atoms with Crippen LogP contribution >= 0.6 is 27.5 Å². The maximum atomic E-state index is 8.61. The highest BCUT2D eigenvalue weighted by atomic mass is 79.9. The van der Waals surface area contributed by atoms with Gasteiger partial charge in [0.2, 0.25) is 0 Å². The van der Waals surface area contributed by atoms with E-state index in [0.29, 0.717) is 11.6 Å². The first-order valence-corrected chi connectivity index (χ1v) is 6.60. The summed E-state index contributed by atoms with van der Waals surface area (Å²) in [5.74, 6) is 0.721. The minimum Gasteiger partial charge on any atom is -0.492 e. The van der Waals surface area contributed by atoms with E-state index in [2.05, 4.69) is 15.9 Å². The van der Waals surface area contributed by atoms with E-state index in [1.165, 1.54) is 0 Å². The van der Waals surface area contributed by atoms with Crippen molar-refractivity contribution in [3.8, 4) is 5.75 Å². The molecular weight excluding hydrogens is 291 g/mol. The van der Waals surface area contributed by atoms with Crippen LogP contribution in [0, 0.1) is 0 Å². The second-order valence-electron chi connectivity index (χ2n) is 3.56. The van der Waals surface area contributed by atoms with Crippen LogP contribution in [0.15, 0.2) is 22.7 Å². The van der Waals surface area contributed by atoms with Gasteiger partial charge in [0, 0.05) is 11.1 Å². The summed E-state index contributed by atoms with van der Waals surface area (Å²) >= 11 is 9.35. The van der Waals surface area contributed by atoms with Crippen molar-refractivity contribution in [2.75, 3.05) is 13.2 Å². The van der Waals surface area contributed by atoms with Crippen molar-refractivity contribution in [2.45, 2.75) is 25.7 Å². The molecule has 1 aromatic carbocycles. The summed E-state index contributed by atoms with van der Waals surface area (Å²) in [6.45, 7) is 0.944. The molecule has 1 N–H and O–H groups in total. The second kappa shape index (κ2) is 7.93. The molecule has 0 fully saturated rings. The molecule has 0 amide bonds. The van der Waals surface area contributed by atoms with Gasteiger partial charge in [-0.05, 0) is 37.5 Å². The molecule has 0 unspecified atom stereocenters. The van der Waals surface area contributed by atoms with Crippen LogP contribution in [-0.4, -0.2) is 18.3 Å². The van der Waals surface area contributed by atoms with Gasteiger partial charge in [-0.3, -0.25) is 0 Å². The molecule has 0 aliphatic carbocycles. The Labute approximate surface area is 110 Å². The topological polar surface area (TPSA) is 29.5 Å². The molecule has 0 saturated heterocycles. The normalized spacial score (nSPS) is 10.4. The van der Waals surface area contributed by atoms with E-state index in [-0.39, 0.29) is 6.61 Å². The fourth-order valence-corrected chi connectivity index (χ4v) is 1.85. The molecule has 2 nitrogen and oxygen atoms in total. The number of benzene rings is 1. The lowest BCUT2D eigenvalue weighted by Gasteiger charge is -2.08. The van der Waals surface area contributed by atoms with Gasteiger partial charge in [-0.15, -0.1) is 0 Å². The van der Waals surface area contributed by atoms with Gasteiger partial charge in [0.1, 0.15) is 5.75 Å². The average molecular weight is 308 g/mol. The molecule has 16 heavy (non-hydrogen) atoms. The van der Waals surface area contributed by atoms with Gasteiger partial charge in [-0.25, -0.2) is 0 Å². The van der Waals surface area contributed by atoms with E-state index in [9.17, 15) is 0 Å². The molecule has 0 radical (unpaired) electrons. The Bertz CT molecular complexity index is 318.